The van der Waals surface area contributed by atoms with E-state index in [4.69, 9.17) is 0 Å². The van der Waals surface area contributed by atoms with Gasteiger partial charge >= 0.3 is 0 Å². The van der Waals surface area contributed by atoms with Crippen LogP contribution in [0.25, 0.3) is 0 Å². The molecule has 2 aliphatic rings. The van der Waals surface area contributed by atoms with Gasteiger partial charge in [-0.15, -0.1) is 0 Å². The maximum absolute atomic E-state index is 13.7. The summed E-state index contributed by atoms with van der Waals surface area (Å²) in [5.41, 5.74) is 0.598. The first-order valence-electron chi connectivity index (χ1n) is 7.05. The van der Waals surface area contributed by atoms with Gasteiger partial charge in [0.2, 0.25) is 0 Å². The molecule has 1 N–H and O–H groups in total. The van der Waals surface area contributed by atoms with Crippen LogP contribution in [0.5, 0.6) is 0 Å². The number of hydrogen-bond acceptors (Lipinski definition) is 2. The molecule has 3 rings (SSSR count). The number of likely N-dealkylation sites (tertiary alicyclic amines) is 1. The van der Waals surface area contributed by atoms with Crippen molar-refractivity contribution in [3.05, 3.63) is 35.4 Å². The first-order chi connectivity index (χ1) is 9.19. The van der Waals surface area contributed by atoms with Crippen LogP contribution < -0.4 is 5.32 Å². The van der Waals surface area contributed by atoms with Crippen LogP contribution in [0.3, 0.4) is 0 Å². The van der Waals surface area contributed by atoms with Gasteiger partial charge in [-0.25, -0.2) is 8.78 Å². The van der Waals surface area contributed by atoms with Crippen molar-refractivity contribution in [2.24, 2.45) is 5.41 Å². The van der Waals surface area contributed by atoms with Crippen LogP contribution in [-0.4, -0.2) is 31.1 Å². The predicted octanol–water partition coefficient (Wildman–Crippen LogP) is 2.54. The highest BCUT2D eigenvalue weighted by Gasteiger charge is 2.38. The summed E-state index contributed by atoms with van der Waals surface area (Å²) >= 11 is 0. The van der Waals surface area contributed by atoms with Crippen LogP contribution in [0.2, 0.25) is 0 Å². The summed E-state index contributed by atoms with van der Waals surface area (Å²) in [5.74, 6) is -0.850. The maximum Gasteiger partial charge on any atom is 0.130 e. The number of nitrogens with one attached hydrogen (secondary N) is 1. The molecule has 2 fully saturated rings. The highest BCUT2D eigenvalue weighted by molar-refractivity contribution is 5.19. The van der Waals surface area contributed by atoms with E-state index in [2.05, 4.69) is 10.2 Å². The summed E-state index contributed by atoms with van der Waals surface area (Å²) in [6.45, 7) is 4.47. The Kier molecular flexibility index (Phi) is 3.54. The molecule has 0 aromatic heterocycles. The van der Waals surface area contributed by atoms with Gasteiger partial charge in [0.05, 0.1) is 0 Å². The van der Waals surface area contributed by atoms with E-state index >= 15 is 0 Å². The zero-order valence-electron chi connectivity index (χ0n) is 11.1. The van der Waals surface area contributed by atoms with Crippen LogP contribution in [0.1, 0.15) is 24.8 Å². The first kappa shape index (κ1) is 13.0. The third kappa shape index (κ3) is 2.65. The molecule has 4 heteroatoms. The molecule has 2 aliphatic heterocycles. The van der Waals surface area contributed by atoms with E-state index in [-0.39, 0.29) is 5.56 Å². The minimum Gasteiger partial charge on any atom is -0.317 e. The topological polar surface area (TPSA) is 15.3 Å². The molecular weight excluding hydrogens is 246 g/mol. The molecule has 2 saturated heterocycles. The Morgan fingerprint density at radius 2 is 1.79 bits per heavy atom. The molecule has 2 nitrogen and oxygen atoms in total. The number of halogens is 2. The lowest BCUT2D eigenvalue weighted by Gasteiger charge is -2.34. The second-order valence-electron chi connectivity index (χ2n) is 5.91. The summed E-state index contributed by atoms with van der Waals surface area (Å²) in [6.07, 6.45) is 3.53. The van der Waals surface area contributed by atoms with E-state index < -0.39 is 11.6 Å². The smallest absolute Gasteiger partial charge is 0.130 e. The third-order valence-corrected chi connectivity index (χ3v) is 4.63. The van der Waals surface area contributed by atoms with Crippen molar-refractivity contribution in [3.63, 3.8) is 0 Å². The van der Waals surface area contributed by atoms with Crippen molar-refractivity contribution in [3.8, 4) is 0 Å². The maximum atomic E-state index is 13.7. The summed E-state index contributed by atoms with van der Waals surface area (Å²) in [5, 5.41) is 3.38. The molecule has 0 bridgehead atoms. The van der Waals surface area contributed by atoms with Crippen molar-refractivity contribution in [1.82, 2.24) is 10.2 Å². The molecule has 19 heavy (non-hydrogen) atoms. The van der Waals surface area contributed by atoms with Crippen molar-refractivity contribution < 1.29 is 8.78 Å². The van der Waals surface area contributed by atoms with E-state index in [1.807, 2.05) is 0 Å². The summed E-state index contributed by atoms with van der Waals surface area (Å²) in [4.78, 5) is 2.20. The van der Waals surface area contributed by atoms with E-state index in [0.717, 1.165) is 32.6 Å². The Labute approximate surface area is 112 Å². The number of piperidine rings is 1. The lowest BCUT2D eigenvalue weighted by molar-refractivity contribution is 0.192. The van der Waals surface area contributed by atoms with Gasteiger partial charge in [-0.05, 0) is 56.4 Å². The molecule has 1 aromatic carbocycles. The number of benzene rings is 1. The Hall–Kier alpha value is -1.00. The second kappa shape index (κ2) is 5.17. The molecule has 0 atom stereocenters. The Balaban J connectivity index is 1.69. The molecule has 0 unspecified atom stereocenters. The van der Waals surface area contributed by atoms with Gasteiger partial charge in [0.15, 0.2) is 0 Å². The standard InChI is InChI=1S/C15H20F2N2/c16-13-2-1-3-14(17)12(13)10-19-9-6-15(11-19)4-7-18-8-5-15/h1-3,18H,4-11H2. The van der Waals surface area contributed by atoms with Crippen LogP contribution in [0, 0.1) is 17.0 Å². The van der Waals surface area contributed by atoms with Crippen LogP contribution >= 0.6 is 0 Å². The molecule has 104 valence electrons. The van der Waals surface area contributed by atoms with Gasteiger partial charge in [-0.2, -0.15) is 0 Å². The molecule has 0 saturated carbocycles. The number of nitrogens with zero attached hydrogens (tertiary/aromatic N) is 1. The van der Waals surface area contributed by atoms with E-state index in [9.17, 15) is 8.78 Å². The Bertz CT molecular complexity index is 435. The van der Waals surface area contributed by atoms with Crippen LogP contribution in [-0.2, 0) is 6.54 Å². The van der Waals surface area contributed by atoms with E-state index in [0.29, 0.717) is 12.0 Å². The van der Waals surface area contributed by atoms with Gasteiger partial charge < -0.3 is 5.32 Å². The molecular formula is C15H20F2N2. The van der Waals surface area contributed by atoms with Crippen LogP contribution in [0.15, 0.2) is 18.2 Å². The largest absolute Gasteiger partial charge is 0.317 e. The lowest BCUT2D eigenvalue weighted by atomic mass is 9.78. The molecule has 1 spiro atoms. The zero-order chi connectivity index (χ0) is 13.3. The first-order valence-corrected chi connectivity index (χ1v) is 7.05. The van der Waals surface area contributed by atoms with E-state index in [1.165, 1.54) is 31.0 Å². The fourth-order valence-corrected chi connectivity index (χ4v) is 3.43. The molecule has 2 heterocycles. The average molecular weight is 266 g/mol. The average Bonchev–Trinajstić information content (AvgIpc) is 2.78. The minimum absolute atomic E-state index is 0.216. The monoisotopic (exact) mass is 266 g/mol. The lowest BCUT2D eigenvalue weighted by Crippen LogP contribution is -2.38. The molecule has 0 aliphatic carbocycles. The van der Waals surface area contributed by atoms with Crippen LogP contribution in [0.4, 0.5) is 8.78 Å². The predicted molar refractivity (Wildman–Crippen MR) is 70.8 cm³/mol. The molecule has 1 aromatic rings. The Morgan fingerprint density at radius 3 is 2.47 bits per heavy atom. The highest BCUT2D eigenvalue weighted by Crippen LogP contribution is 2.39. The minimum atomic E-state index is -0.425. The van der Waals surface area contributed by atoms with Gasteiger partial charge in [0.25, 0.3) is 0 Å². The zero-order valence-corrected chi connectivity index (χ0v) is 11.1. The normalized spacial score (nSPS) is 23.1. The highest BCUT2D eigenvalue weighted by atomic mass is 19.1. The second-order valence-corrected chi connectivity index (χ2v) is 5.91. The number of hydrogen-bond donors (Lipinski definition) is 1. The SMILES string of the molecule is Fc1cccc(F)c1CN1CCC2(CCNCC2)C1. The fourth-order valence-electron chi connectivity index (χ4n) is 3.43. The third-order valence-electron chi connectivity index (χ3n) is 4.63. The summed E-state index contributed by atoms with van der Waals surface area (Å²) in [6, 6.07) is 4.11. The van der Waals surface area contributed by atoms with Gasteiger partial charge in [0, 0.05) is 18.7 Å². The molecule has 0 radical (unpaired) electrons. The quantitative estimate of drug-likeness (QED) is 0.885. The van der Waals surface area contributed by atoms with Crippen molar-refractivity contribution in [2.45, 2.75) is 25.8 Å². The van der Waals surface area contributed by atoms with E-state index in [1.54, 1.807) is 0 Å². The summed E-state index contributed by atoms with van der Waals surface area (Å²) in [7, 11) is 0. The number of rotatable bonds is 2. The fraction of sp³-hybridized carbons (Fsp3) is 0.600. The van der Waals surface area contributed by atoms with Crippen molar-refractivity contribution in [2.75, 3.05) is 26.2 Å². The van der Waals surface area contributed by atoms with Gasteiger partial charge in [-0.1, -0.05) is 6.07 Å². The Morgan fingerprint density at radius 1 is 1.11 bits per heavy atom. The van der Waals surface area contributed by atoms with Crippen molar-refractivity contribution >= 4 is 0 Å². The van der Waals surface area contributed by atoms with Gasteiger partial charge in [0.1, 0.15) is 11.6 Å². The van der Waals surface area contributed by atoms with Gasteiger partial charge in [-0.3, -0.25) is 4.90 Å². The summed E-state index contributed by atoms with van der Waals surface area (Å²) < 4.78 is 27.3. The molecule has 0 amide bonds. The van der Waals surface area contributed by atoms with Crippen molar-refractivity contribution in [1.29, 1.82) is 0 Å².